The van der Waals surface area contributed by atoms with Crippen LogP contribution < -0.4 is 15.9 Å². The van der Waals surface area contributed by atoms with Crippen LogP contribution in [0.2, 0.25) is 10.0 Å². The van der Waals surface area contributed by atoms with Gasteiger partial charge in [-0.2, -0.15) is 5.10 Å². The zero-order valence-electron chi connectivity index (χ0n) is 14.7. The Morgan fingerprint density at radius 3 is 2.86 bits per heavy atom. The second-order valence-electron chi connectivity index (χ2n) is 5.69. The number of rotatable bonds is 7. The smallest absolute Gasteiger partial charge is 0.261 e. The summed E-state index contributed by atoms with van der Waals surface area (Å²) in [6.07, 6.45) is 1.46. The molecule has 0 fully saturated rings. The van der Waals surface area contributed by atoms with Crippen molar-refractivity contribution in [2.45, 2.75) is 13.2 Å². The van der Waals surface area contributed by atoms with Gasteiger partial charge in [-0.15, -0.1) is 0 Å². The molecule has 1 aromatic heterocycles. The summed E-state index contributed by atoms with van der Waals surface area (Å²) in [6.45, 7) is 0.0799. The predicted octanol–water partition coefficient (Wildman–Crippen LogP) is 3.05. The van der Waals surface area contributed by atoms with E-state index in [0.717, 1.165) is 14.7 Å². The molecule has 2 aromatic carbocycles. The highest BCUT2D eigenvalue weighted by Crippen LogP contribution is 2.25. The number of carbonyl (C=O) groups is 1. The highest BCUT2D eigenvalue weighted by molar-refractivity contribution is 9.10. The summed E-state index contributed by atoms with van der Waals surface area (Å²) in [5.41, 5.74) is 9.33. The summed E-state index contributed by atoms with van der Waals surface area (Å²) in [4.78, 5) is 11.9. The van der Waals surface area contributed by atoms with Crippen molar-refractivity contribution >= 4 is 57.2 Å². The Kier molecular flexibility index (Phi) is 7.02. The molecular formula is C17H14BrCl2N7O2. The van der Waals surface area contributed by atoms with E-state index >= 15 is 0 Å². The number of hydrazone groups is 1. The molecule has 150 valence electrons. The van der Waals surface area contributed by atoms with Crippen molar-refractivity contribution in [3.8, 4) is 5.75 Å². The Morgan fingerprint density at radius 2 is 2.14 bits per heavy atom. The third-order valence-electron chi connectivity index (χ3n) is 3.62. The number of amides is 1. The lowest BCUT2D eigenvalue weighted by Gasteiger charge is -2.11. The van der Waals surface area contributed by atoms with Gasteiger partial charge in [-0.3, -0.25) is 4.79 Å². The highest BCUT2D eigenvalue weighted by Gasteiger charge is 2.08. The average molecular weight is 499 g/mol. The predicted molar refractivity (Wildman–Crippen MR) is 113 cm³/mol. The van der Waals surface area contributed by atoms with Crippen LogP contribution in [0.5, 0.6) is 5.75 Å². The summed E-state index contributed by atoms with van der Waals surface area (Å²) in [5.74, 6) is 0.153. The van der Waals surface area contributed by atoms with Crippen molar-refractivity contribution in [1.82, 2.24) is 25.6 Å². The normalized spacial score (nSPS) is 11.0. The molecule has 3 N–H and O–H groups in total. The molecule has 0 aliphatic rings. The van der Waals surface area contributed by atoms with Gasteiger partial charge >= 0.3 is 0 Å². The molecule has 3 rings (SSSR count). The fraction of sp³-hybridized carbons (Fsp3) is 0.118. The number of nitrogen functional groups attached to an aromatic ring is 1. The van der Waals surface area contributed by atoms with E-state index in [9.17, 15) is 4.79 Å². The van der Waals surface area contributed by atoms with Gasteiger partial charge in [0.25, 0.3) is 5.91 Å². The standard InChI is InChI=1S/C17H14BrCl2N7O2/c18-12-2-4-15(29-9-10-1-3-13(19)6-14(10)20)11(5-12)7-22-23-16(28)8-27-17(21)24-25-26-27/h1-7H,8-9H2,(H,23,28)(H2,21,24,26)/b22-7-. The molecule has 0 unspecified atom stereocenters. The van der Waals surface area contributed by atoms with Crippen LogP contribution in [0, 0.1) is 0 Å². The number of halogens is 3. The molecule has 12 heteroatoms. The van der Waals surface area contributed by atoms with Crippen molar-refractivity contribution < 1.29 is 9.53 Å². The first kappa shape index (κ1) is 21.0. The van der Waals surface area contributed by atoms with Crippen molar-refractivity contribution in [2.75, 3.05) is 5.73 Å². The Labute approximate surface area is 183 Å². The first-order chi connectivity index (χ1) is 13.9. The van der Waals surface area contributed by atoms with Gasteiger partial charge in [0.2, 0.25) is 5.95 Å². The molecule has 0 aliphatic carbocycles. The molecule has 0 atom stereocenters. The quantitative estimate of drug-likeness (QED) is 0.381. The number of nitrogens with zero attached hydrogens (tertiary/aromatic N) is 5. The molecular weight excluding hydrogens is 485 g/mol. The lowest BCUT2D eigenvalue weighted by Crippen LogP contribution is -2.24. The van der Waals surface area contributed by atoms with Crippen LogP contribution >= 0.6 is 39.1 Å². The van der Waals surface area contributed by atoms with Gasteiger partial charge in [-0.25, -0.2) is 10.1 Å². The van der Waals surface area contributed by atoms with Crippen LogP contribution in [-0.4, -0.2) is 32.3 Å². The average Bonchev–Trinajstić information content (AvgIpc) is 3.07. The van der Waals surface area contributed by atoms with E-state index < -0.39 is 5.91 Å². The number of benzene rings is 2. The monoisotopic (exact) mass is 497 g/mol. The Hall–Kier alpha value is -2.69. The maximum atomic E-state index is 11.9. The first-order valence-corrected chi connectivity index (χ1v) is 9.67. The first-order valence-electron chi connectivity index (χ1n) is 8.12. The molecule has 0 aliphatic heterocycles. The summed E-state index contributed by atoms with van der Waals surface area (Å²) < 4.78 is 7.83. The van der Waals surface area contributed by atoms with Crippen molar-refractivity contribution in [3.63, 3.8) is 0 Å². The Morgan fingerprint density at radius 1 is 1.31 bits per heavy atom. The van der Waals surface area contributed by atoms with Crippen molar-refractivity contribution in [3.05, 3.63) is 62.0 Å². The maximum absolute atomic E-state index is 11.9. The largest absolute Gasteiger partial charge is 0.488 e. The maximum Gasteiger partial charge on any atom is 0.261 e. The van der Waals surface area contributed by atoms with Gasteiger partial charge in [0.1, 0.15) is 18.9 Å². The van der Waals surface area contributed by atoms with E-state index in [1.165, 1.54) is 6.21 Å². The molecule has 1 amide bonds. The molecule has 3 aromatic rings. The molecule has 1 heterocycles. The number of anilines is 1. The second kappa shape index (κ2) is 9.68. The van der Waals surface area contributed by atoms with Gasteiger partial charge in [-0.05, 0) is 40.8 Å². The summed E-state index contributed by atoms with van der Waals surface area (Å²) in [7, 11) is 0. The third kappa shape index (κ3) is 5.89. The van der Waals surface area contributed by atoms with E-state index in [1.54, 1.807) is 30.3 Å². The zero-order valence-corrected chi connectivity index (χ0v) is 17.8. The second-order valence-corrected chi connectivity index (χ2v) is 7.45. The molecule has 0 saturated heterocycles. The molecule has 9 nitrogen and oxygen atoms in total. The fourth-order valence-electron chi connectivity index (χ4n) is 2.22. The van der Waals surface area contributed by atoms with Gasteiger partial charge in [-0.1, -0.05) is 50.3 Å². The minimum Gasteiger partial charge on any atom is -0.488 e. The molecule has 0 saturated carbocycles. The number of ether oxygens (including phenoxy) is 1. The summed E-state index contributed by atoms with van der Waals surface area (Å²) in [5, 5.41) is 15.5. The molecule has 0 bridgehead atoms. The van der Waals surface area contributed by atoms with Crippen LogP contribution in [0.4, 0.5) is 5.95 Å². The van der Waals surface area contributed by atoms with Crippen LogP contribution in [0.25, 0.3) is 0 Å². The fourth-order valence-corrected chi connectivity index (χ4v) is 3.06. The zero-order chi connectivity index (χ0) is 20.8. The van der Waals surface area contributed by atoms with E-state index in [0.29, 0.717) is 21.4 Å². The van der Waals surface area contributed by atoms with Crippen LogP contribution in [0.3, 0.4) is 0 Å². The SMILES string of the molecule is Nc1nnnn1CC(=O)N/N=C\c1cc(Br)ccc1OCc1ccc(Cl)cc1Cl. The third-order valence-corrected chi connectivity index (χ3v) is 4.70. The van der Waals surface area contributed by atoms with Crippen molar-refractivity contribution in [2.24, 2.45) is 5.10 Å². The minimum atomic E-state index is -0.439. The number of hydrogen-bond donors (Lipinski definition) is 2. The number of carbonyl (C=O) groups excluding carboxylic acids is 1. The number of nitrogens with one attached hydrogen (secondary N) is 1. The van der Waals surface area contributed by atoms with Crippen molar-refractivity contribution in [1.29, 1.82) is 0 Å². The Bertz CT molecular complexity index is 1060. The minimum absolute atomic E-state index is 0.0349. The molecule has 0 radical (unpaired) electrons. The molecule has 0 spiro atoms. The van der Waals surface area contributed by atoms with Gasteiger partial charge in [0.15, 0.2) is 0 Å². The number of nitrogens with two attached hydrogens (primary N) is 1. The Balaban J connectivity index is 1.65. The van der Waals surface area contributed by atoms with Crippen LogP contribution in [0.1, 0.15) is 11.1 Å². The number of hydrogen-bond acceptors (Lipinski definition) is 7. The highest BCUT2D eigenvalue weighted by atomic mass is 79.9. The van der Waals surface area contributed by atoms with E-state index in [4.69, 9.17) is 33.7 Å². The van der Waals surface area contributed by atoms with Crippen LogP contribution in [-0.2, 0) is 17.9 Å². The van der Waals surface area contributed by atoms with Gasteiger partial charge < -0.3 is 10.5 Å². The number of aromatic nitrogens is 4. The topological polar surface area (TPSA) is 120 Å². The molecule has 29 heavy (non-hydrogen) atoms. The van der Waals surface area contributed by atoms with Crippen LogP contribution in [0.15, 0.2) is 46.0 Å². The lowest BCUT2D eigenvalue weighted by molar-refractivity contribution is -0.121. The number of tetrazole rings is 1. The van der Waals surface area contributed by atoms with E-state index in [-0.39, 0.29) is 19.1 Å². The van der Waals surface area contributed by atoms with E-state index in [2.05, 4.69) is 42.0 Å². The van der Waals surface area contributed by atoms with E-state index in [1.807, 2.05) is 6.07 Å². The summed E-state index contributed by atoms with van der Waals surface area (Å²) in [6, 6.07) is 10.6. The van der Waals surface area contributed by atoms with Gasteiger partial charge in [0.05, 0.1) is 6.21 Å². The summed E-state index contributed by atoms with van der Waals surface area (Å²) >= 11 is 15.5. The lowest BCUT2D eigenvalue weighted by atomic mass is 10.2. The van der Waals surface area contributed by atoms with Gasteiger partial charge in [0, 0.05) is 25.6 Å².